The fraction of sp³-hybridized carbons (Fsp3) is 0.591. The zero-order valence-corrected chi connectivity index (χ0v) is 21.2. The molecule has 2 aliphatic rings. The van der Waals surface area contributed by atoms with Gasteiger partial charge >= 0.3 is 6.18 Å². The van der Waals surface area contributed by atoms with Gasteiger partial charge in [0.1, 0.15) is 16.7 Å². The molecule has 198 valence electrons. The Morgan fingerprint density at radius 1 is 1.28 bits per heavy atom. The number of hydrogen-bond donors (Lipinski definition) is 1. The van der Waals surface area contributed by atoms with E-state index in [0.717, 1.165) is 38.2 Å². The molecule has 1 unspecified atom stereocenters. The number of aromatic nitrogens is 1. The van der Waals surface area contributed by atoms with Gasteiger partial charge in [-0.25, -0.2) is 13.4 Å². The quantitative estimate of drug-likeness (QED) is 0.562. The van der Waals surface area contributed by atoms with E-state index >= 15 is 0 Å². The van der Waals surface area contributed by atoms with Gasteiger partial charge in [-0.15, -0.1) is 11.3 Å². The number of aryl methyl sites for hydroxylation is 1. The van der Waals surface area contributed by atoms with Crippen LogP contribution in [0.2, 0.25) is 0 Å². The summed E-state index contributed by atoms with van der Waals surface area (Å²) < 4.78 is 71.6. The van der Waals surface area contributed by atoms with Gasteiger partial charge in [0, 0.05) is 30.7 Å². The first-order valence-electron chi connectivity index (χ1n) is 11.6. The van der Waals surface area contributed by atoms with Gasteiger partial charge in [0.05, 0.1) is 6.54 Å². The standard InChI is InChI=1S/C22H27F3N4O5S2/c1-14-11-17(19(34-14)22(23,24)25)36(32,33)28-8-9-29(18(30)13-28)16(12-15-5-3-2-4-6-15)20(31)27-21-26-7-10-35-21/h7,10-11,15-16H,2-6,8-9,12-13H2,1H3,(H,26,27,31). The summed E-state index contributed by atoms with van der Waals surface area (Å²) in [6, 6.07) is -0.0289. The summed E-state index contributed by atoms with van der Waals surface area (Å²) in [5, 5.41) is 4.82. The van der Waals surface area contributed by atoms with Crippen LogP contribution in [0.5, 0.6) is 0 Å². The molecule has 3 heterocycles. The summed E-state index contributed by atoms with van der Waals surface area (Å²) >= 11 is 1.23. The number of hydrogen-bond acceptors (Lipinski definition) is 7. The lowest BCUT2D eigenvalue weighted by Gasteiger charge is -2.39. The number of rotatable bonds is 7. The lowest BCUT2D eigenvalue weighted by molar-refractivity contribution is -0.156. The van der Waals surface area contributed by atoms with Crippen LogP contribution in [0.4, 0.5) is 18.3 Å². The van der Waals surface area contributed by atoms with Crippen LogP contribution in [0.25, 0.3) is 0 Å². The van der Waals surface area contributed by atoms with E-state index in [1.165, 1.54) is 29.4 Å². The summed E-state index contributed by atoms with van der Waals surface area (Å²) in [6.45, 7) is 0.171. The topological polar surface area (TPSA) is 113 Å². The summed E-state index contributed by atoms with van der Waals surface area (Å²) in [4.78, 5) is 30.7. The van der Waals surface area contributed by atoms with E-state index in [-0.39, 0.29) is 24.8 Å². The minimum atomic E-state index is -5.01. The zero-order valence-electron chi connectivity index (χ0n) is 19.6. The Kier molecular flexibility index (Phi) is 7.76. The highest BCUT2D eigenvalue weighted by molar-refractivity contribution is 7.89. The normalized spacial score (nSPS) is 19.4. The number of carbonyl (C=O) groups excluding carboxylic acids is 2. The van der Waals surface area contributed by atoms with Crippen molar-refractivity contribution in [3.63, 3.8) is 0 Å². The van der Waals surface area contributed by atoms with Crippen molar-refractivity contribution in [1.29, 1.82) is 0 Å². The van der Waals surface area contributed by atoms with Crippen LogP contribution in [0.15, 0.2) is 27.0 Å². The molecule has 0 bridgehead atoms. The van der Waals surface area contributed by atoms with Crippen molar-refractivity contribution >= 4 is 38.3 Å². The Labute approximate surface area is 210 Å². The Morgan fingerprint density at radius 2 is 2.00 bits per heavy atom. The largest absolute Gasteiger partial charge is 0.455 e. The van der Waals surface area contributed by atoms with Crippen LogP contribution < -0.4 is 5.32 Å². The predicted molar refractivity (Wildman–Crippen MR) is 125 cm³/mol. The van der Waals surface area contributed by atoms with Crippen molar-refractivity contribution in [1.82, 2.24) is 14.2 Å². The molecule has 1 N–H and O–H groups in total. The van der Waals surface area contributed by atoms with Gasteiger partial charge in [0.25, 0.3) is 0 Å². The highest BCUT2D eigenvalue weighted by Gasteiger charge is 2.45. The van der Waals surface area contributed by atoms with Crippen LogP contribution in [-0.4, -0.2) is 60.1 Å². The number of thiazole rings is 1. The average molecular weight is 549 g/mol. The molecule has 1 saturated heterocycles. The average Bonchev–Trinajstić information content (AvgIpc) is 3.48. The van der Waals surface area contributed by atoms with Crippen LogP contribution >= 0.6 is 11.3 Å². The van der Waals surface area contributed by atoms with Crippen LogP contribution in [0, 0.1) is 12.8 Å². The zero-order chi connectivity index (χ0) is 26.1. The number of halogens is 3. The van der Waals surface area contributed by atoms with E-state index in [9.17, 15) is 31.2 Å². The lowest BCUT2D eigenvalue weighted by atomic mass is 9.84. The van der Waals surface area contributed by atoms with Gasteiger partial charge in [-0.1, -0.05) is 32.1 Å². The lowest BCUT2D eigenvalue weighted by Crippen LogP contribution is -2.58. The number of carbonyl (C=O) groups is 2. The molecule has 4 rings (SSSR count). The smallest absolute Gasteiger partial charge is 0.450 e. The third kappa shape index (κ3) is 5.75. The van der Waals surface area contributed by atoms with E-state index in [0.29, 0.717) is 15.9 Å². The van der Waals surface area contributed by atoms with E-state index in [4.69, 9.17) is 0 Å². The number of alkyl halides is 3. The van der Waals surface area contributed by atoms with Crippen LogP contribution in [0.3, 0.4) is 0 Å². The minimum absolute atomic E-state index is 0.126. The maximum atomic E-state index is 13.4. The molecule has 1 saturated carbocycles. The first-order chi connectivity index (χ1) is 17.0. The second kappa shape index (κ2) is 10.5. The highest BCUT2D eigenvalue weighted by Crippen LogP contribution is 2.38. The number of nitrogens with one attached hydrogen (secondary N) is 1. The number of piperazine rings is 1. The molecular weight excluding hydrogens is 521 g/mol. The van der Waals surface area contributed by atoms with Gasteiger partial charge < -0.3 is 14.6 Å². The molecule has 0 aromatic carbocycles. The molecule has 2 aromatic rings. The monoisotopic (exact) mass is 548 g/mol. The molecule has 9 nitrogen and oxygen atoms in total. The van der Waals surface area contributed by atoms with E-state index < -0.39 is 51.3 Å². The number of nitrogens with zero attached hydrogens (tertiary/aromatic N) is 3. The molecule has 1 aliphatic carbocycles. The molecule has 2 aromatic heterocycles. The maximum Gasteiger partial charge on any atom is 0.450 e. The van der Waals surface area contributed by atoms with Crippen molar-refractivity contribution in [2.24, 2.45) is 5.92 Å². The highest BCUT2D eigenvalue weighted by atomic mass is 32.2. The fourth-order valence-corrected chi connectivity index (χ4v) is 6.93. The molecular formula is C22H27F3N4O5S2. The first kappa shape index (κ1) is 26.6. The van der Waals surface area contributed by atoms with Crippen molar-refractivity contribution < 1.29 is 35.6 Å². The van der Waals surface area contributed by atoms with E-state index in [2.05, 4.69) is 14.7 Å². The molecule has 1 atom stereocenters. The third-order valence-corrected chi connectivity index (χ3v) is 9.08. The SMILES string of the molecule is Cc1cc(S(=O)(=O)N2CCN(C(CC3CCCCC3)C(=O)Nc3nccs3)C(=O)C2)c(C(F)(F)F)o1. The van der Waals surface area contributed by atoms with Gasteiger partial charge in [-0.05, 0) is 19.3 Å². The van der Waals surface area contributed by atoms with Gasteiger partial charge in [-0.2, -0.15) is 17.5 Å². The van der Waals surface area contributed by atoms with Crippen molar-refractivity contribution in [3.8, 4) is 0 Å². The fourth-order valence-electron chi connectivity index (χ4n) is 4.81. The van der Waals surface area contributed by atoms with Crippen LogP contribution in [0.1, 0.15) is 50.0 Å². The molecule has 0 radical (unpaired) electrons. The second-order valence-corrected chi connectivity index (χ2v) is 11.9. The molecule has 14 heteroatoms. The maximum absolute atomic E-state index is 13.4. The predicted octanol–water partition coefficient (Wildman–Crippen LogP) is 3.87. The second-order valence-electron chi connectivity index (χ2n) is 9.06. The Bertz CT molecular complexity index is 1190. The Hall–Kier alpha value is -2.45. The van der Waals surface area contributed by atoms with Crippen molar-refractivity contribution in [3.05, 3.63) is 29.2 Å². The van der Waals surface area contributed by atoms with Gasteiger partial charge in [-0.3, -0.25) is 9.59 Å². The third-order valence-electron chi connectivity index (χ3n) is 6.54. The summed E-state index contributed by atoms with van der Waals surface area (Å²) in [6.07, 6.45) is 2.02. The van der Waals surface area contributed by atoms with E-state index in [1.54, 1.807) is 5.38 Å². The molecule has 1 aliphatic heterocycles. The number of amides is 2. The Morgan fingerprint density at radius 3 is 2.61 bits per heavy atom. The number of anilines is 1. The summed E-state index contributed by atoms with van der Waals surface area (Å²) in [5.41, 5.74) is 0. The number of furan rings is 1. The number of sulfonamides is 1. The van der Waals surface area contributed by atoms with Gasteiger partial charge in [0.15, 0.2) is 5.13 Å². The van der Waals surface area contributed by atoms with Crippen LogP contribution in [-0.2, 0) is 25.8 Å². The molecule has 2 fully saturated rings. The summed E-state index contributed by atoms with van der Waals surface area (Å²) in [5.74, 6) is -2.65. The van der Waals surface area contributed by atoms with Gasteiger partial charge in [0.2, 0.25) is 27.6 Å². The minimum Gasteiger partial charge on any atom is -0.455 e. The first-order valence-corrected chi connectivity index (χ1v) is 14.0. The molecule has 0 spiro atoms. The van der Waals surface area contributed by atoms with E-state index in [1.807, 2.05) is 0 Å². The molecule has 2 amide bonds. The molecule has 36 heavy (non-hydrogen) atoms. The van der Waals surface area contributed by atoms with Crippen molar-refractivity contribution in [2.75, 3.05) is 25.0 Å². The van der Waals surface area contributed by atoms with Crippen molar-refractivity contribution in [2.45, 2.75) is 62.6 Å². The summed E-state index contributed by atoms with van der Waals surface area (Å²) in [7, 11) is -4.66. The Balaban J connectivity index is 1.54.